The van der Waals surface area contributed by atoms with E-state index < -0.39 is 0 Å². The zero-order chi connectivity index (χ0) is 13.5. The Kier molecular flexibility index (Phi) is 5.92. The molecule has 1 saturated heterocycles. The summed E-state index contributed by atoms with van der Waals surface area (Å²) in [5, 5.41) is 3.18. The number of carbonyl (C=O) groups is 1. The summed E-state index contributed by atoms with van der Waals surface area (Å²) in [4.78, 5) is 16.6. The minimum Gasteiger partial charge on any atom is -0.335 e. The molecule has 0 radical (unpaired) electrons. The summed E-state index contributed by atoms with van der Waals surface area (Å²) >= 11 is 0. The first-order chi connectivity index (χ1) is 9.29. The van der Waals surface area contributed by atoms with E-state index in [2.05, 4.69) is 10.2 Å². The van der Waals surface area contributed by atoms with Crippen LogP contribution in [0, 0.1) is 0 Å². The third-order valence-electron chi connectivity index (χ3n) is 4.24. The van der Waals surface area contributed by atoms with Crippen LogP contribution in [0.2, 0.25) is 0 Å². The molecule has 1 aliphatic carbocycles. The first-order valence-corrected chi connectivity index (χ1v) is 7.77. The fourth-order valence-electron chi connectivity index (χ4n) is 3.05. The highest BCUT2D eigenvalue weighted by molar-refractivity contribution is 5.74. The Hall–Kier alpha value is -0.810. The molecule has 5 heteroatoms. The second kappa shape index (κ2) is 7.70. The van der Waals surface area contributed by atoms with Gasteiger partial charge in [0.1, 0.15) is 0 Å². The van der Waals surface area contributed by atoms with E-state index in [4.69, 9.17) is 5.73 Å². The molecule has 0 unspecified atom stereocenters. The van der Waals surface area contributed by atoms with Crippen molar-refractivity contribution >= 4 is 6.03 Å². The van der Waals surface area contributed by atoms with Crippen molar-refractivity contribution in [1.82, 2.24) is 15.1 Å². The van der Waals surface area contributed by atoms with Gasteiger partial charge in [-0.25, -0.2) is 4.79 Å². The van der Waals surface area contributed by atoms with E-state index in [0.29, 0.717) is 6.04 Å². The highest BCUT2D eigenvalue weighted by atomic mass is 16.2. The van der Waals surface area contributed by atoms with Crippen molar-refractivity contribution in [1.29, 1.82) is 0 Å². The van der Waals surface area contributed by atoms with Crippen LogP contribution in [0.1, 0.15) is 38.5 Å². The fourth-order valence-corrected chi connectivity index (χ4v) is 3.05. The maximum Gasteiger partial charge on any atom is 0.317 e. The summed E-state index contributed by atoms with van der Waals surface area (Å²) in [6.45, 7) is 5.63. The van der Waals surface area contributed by atoms with E-state index in [1.165, 1.54) is 12.8 Å². The molecule has 0 atom stereocenters. The molecule has 2 amide bonds. The van der Waals surface area contributed by atoms with Gasteiger partial charge in [0, 0.05) is 25.7 Å². The number of hydrogen-bond donors (Lipinski definition) is 2. The van der Waals surface area contributed by atoms with Crippen LogP contribution in [-0.2, 0) is 0 Å². The highest BCUT2D eigenvalue weighted by Gasteiger charge is 2.22. The molecule has 5 nitrogen and oxygen atoms in total. The number of nitrogens with one attached hydrogen (secondary N) is 1. The van der Waals surface area contributed by atoms with Crippen molar-refractivity contribution in [3.63, 3.8) is 0 Å². The van der Waals surface area contributed by atoms with Gasteiger partial charge < -0.3 is 20.9 Å². The molecule has 1 heterocycles. The van der Waals surface area contributed by atoms with Gasteiger partial charge in [-0.1, -0.05) is 12.8 Å². The first-order valence-electron chi connectivity index (χ1n) is 7.77. The number of amides is 2. The molecule has 3 N–H and O–H groups in total. The SMILES string of the molecule is NCCCN1CCCN(C(=O)NC2CCCC2)CC1. The molecule has 19 heavy (non-hydrogen) atoms. The smallest absolute Gasteiger partial charge is 0.317 e. The predicted molar refractivity (Wildman–Crippen MR) is 77.1 cm³/mol. The zero-order valence-electron chi connectivity index (χ0n) is 11.9. The lowest BCUT2D eigenvalue weighted by molar-refractivity contribution is 0.194. The largest absolute Gasteiger partial charge is 0.335 e. The van der Waals surface area contributed by atoms with Crippen molar-refractivity contribution in [2.24, 2.45) is 5.73 Å². The van der Waals surface area contributed by atoms with Crippen LogP contribution in [0.3, 0.4) is 0 Å². The van der Waals surface area contributed by atoms with Crippen molar-refractivity contribution in [2.75, 3.05) is 39.3 Å². The van der Waals surface area contributed by atoms with Crippen LogP contribution in [0.15, 0.2) is 0 Å². The van der Waals surface area contributed by atoms with Crippen LogP contribution in [0.4, 0.5) is 4.79 Å². The average Bonchev–Trinajstić information content (AvgIpc) is 2.80. The first kappa shape index (κ1) is 14.6. The Morgan fingerprint density at radius 3 is 2.63 bits per heavy atom. The molecular formula is C14H28N4O. The molecule has 0 aromatic heterocycles. The number of urea groups is 1. The molecule has 2 rings (SSSR count). The van der Waals surface area contributed by atoms with Crippen LogP contribution >= 0.6 is 0 Å². The van der Waals surface area contributed by atoms with Crippen LogP contribution in [0.25, 0.3) is 0 Å². The second-order valence-electron chi connectivity index (χ2n) is 5.76. The number of carbonyl (C=O) groups excluding carboxylic acids is 1. The van der Waals surface area contributed by atoms with Crippen molar-refractivity contribution in [3.8, 4) is 0 Å². The van der Waals surface area contributed by atoms with Crippen molar-refractivity contribution < 1.29 is 4.79 Å². The minimum absolute atomic E-state index is 0.146. The van der Waals surface area contributed by atoms with Gasteiger partial charge in [-0.15, -0.1) is 0 Å². The summed E-state index contributed by atoms with van der Waals surface area (Å²) < 4.78 is 0. The van der Waals surface area contributed by atoms with E-state index in [1.807, 2.05) is 4.90 Å². The van der Waals surface area contributed by atoms with Gasteiger partial charge in [0.2, 0.25) is 0 Å². The van der Waals surface area contributed by atoms with E-state index in [-0.39, 0.29) is 6.03 Å². The van der Waals surface area contributed by atoms with Crippen LogP contribution < -0.4 is 11.1 Å². The third-order valence-corrected chi connectivity index (χ3v) is 4.24. The van der Waals surface area contributed by atoms with E-state index in [1.54, 1.807) is 0 Å². The molecule has 110 valence electrons. The summed E-state index contributed by atoms with van der Waals surface area (Å²) in [5.41, 5.74) is 5.55. The molecule has 1 aliphatic heterocycles. The Bertz CT molecular complexity index is 279. The van der Waals surface area contributed by atoms with Gasteiger partial charge in [0.15, 0.2) is 0 Å². The minimum atomic E-state index is 0.146. The monoisotopic (exact) mass is 268 g/mol. The summed E-state index contributed by atoms with van der Waals surface area (Å²) in [6, 6.07) is 0.566. The molecular weight excluding hydrogens is 240 g/mol. The van der Waals surface area contributed by atoms with Crippen molar-refractivity contribution in [3.05, 3.63) is 0 Å². The molecule has 0 bridgehead atoms. The molecule has 2 fully saturated rings. The van der Waals surface area contributed by atoms with Gasteiger partial charge in [0.05, 0.1) is 0 Å². The number of hydrogen-bond acceptors (Lipinski definition) is 3. The number of rotatable bonds is 4. The molecule has 2 aliphatic rings. The Morgan fingerprint density at radius 1 is 1.11 bits per heavy atom. The predicted octanol–water partition coefficient (Wildman–Crippen LogP) is 0.995. The lowest BCUT2D eigenvalue weighted by Gasteiger charge is -2.24. The number of nitrogens with two attached hydrogens (primary N) is 1. The zero-order valence-corrected chi connectivity index (χ0v) is 11.9. The fraction of sp³-hybridized carbons (Fsp3) is 0.929. The van der Waals surface area contributed by atoms with Gasteiger partial charge in [-0.3, -0.25) is 0 Å². The molecule has 0 spiro atoms. The van der Waals surface area contributed by atoms with Gasteiger partial charge in [0.25, 0.3) is 0 Å². The van der Waals surface area contributed by atoms with Gasteiger partial charge in [-0.05, 0) is 45.3 Å². The van der Waals surface area contributed by atoms with Gasteiger partial charge in [-0.2, -0.15) is 0 Å². The van der Waals surface area contributed by atoms with Crippen LogP contribution in [0.5, 0.6) is 0 Å². The van der Waals surface area contributed by atoms with E-state index in [9.17, 15) is 4.79 Å². The summed E-state index contributed by atoms with van der Waals surface area (Å²) in [6.07, 6.45) is 6.96. The second-order valence-corrected chi connectivity index (χ2v) is 5.76. The number of nitrogens with zero attached hydrogens (tertiary/aromatic N) is 2. The van der Waals surface area contributed by atoms with Gasteiger partial charge >= 0.3 is 6.03 Å². The van der Waals surface area contributed by atoms with E-state index >= 15 is 0 Å². The Morgan fingerprint density at radius 2 is 1.89 bits per heavy atom. The van der Waals surface area contributed by atoms with E-state index in [0.717, 1.165) is 65.0 Å². The molecule has 1 saturated carbocycles. The molecule has 0 aromatic rings. The topological polar surface area (TPSA) is 61.6 Å². The third kappa shape index (κ3) is 4.66. The lowest BCUT2D eigenvalue weighted by Crippen LogP contribution is -2.45. The Balaban J connectivity index is 1.73. The summed E-state index contributed by atoms with van der Waals surface area (Å²) in [5.74, 6) is 0. The highest BCUT2D eigenvalue weighted by Crippen LogP contribution is 2.18. The standard InChI is InChI=1S/C14H28N4O/c15-7-3-8-17-9-4-10-18(12-11-17)14(19)16-13-5-1-2-6-13/h13H,1-12,15H2,(H,16,19). The maximum absolute atomic E-state index is 12.2. The Labute approximate surface area is 116 Å². The van der Waals surface area contributed by atoms with Crippen LogP contribution in [-0.4, -0.2) is 61.1 Å². The quantitative estimate of drug-likeness (QED) is 0.799. The lowest BCUT2D eigenvalue weighted by atomic mass is 10.2. The summed E-state index contributed by atoms with van der Waals surface area (Å²) in [7, 11) is 0. The van der Waals surface area contributed by atoms with Crippen molar-refractivity contribution in [2.45, 2.75) is 44.6 Å². The average molecular weight is 268 g/mol. The maximum atomic E-state index is 12.2. The molecule has 0 aromatic carbocycles. The normalized spacial score (nSPS) is 22.5.